The van der Waals surface area contributed by atoms with Crippen molar-refractivity contribution in [2.75, 3.05) is 32.1 Å². The molecule has 1 aromatic rings. The molecule has 0 radical (unpaired) electrons. The largest absolute Gasteiger partial charge is 0.456 e. The molecule has 0 saturated carbocycles. The molecule has 0 spiro atoms. The Morgan fingerprint density at radius 2 is 1.67 bits per heavy atom. The summed E-state index contributed by atoms with van der Waals surface area (Å²) >= 11 is 0. The van der Waals surface area contributed by atoms with Crippen molar-refractivity contribution in [2.24, 2.45) is 5.92 Å². The molecule has 2 heterocycles. The Morgan fingerprint density at radius 3 is 2.15 bits per heavy atom. The first-order valence-electron chi connectivity index (χ1n) is 14.8. The maximum Gasteiger partial charge on any atom is 0.351 e. The second kappa shape index (κ2) is 21.5. The third-order valence-corrected chi connectivity index (χ3v) is 6.68. The smallest absolute Gasteiger partial charge is 0.351 e. The molecule has 1 aromatic heterocycles. The van der Waals surface area contributed by atoms with E-state index in [1.165, 1.54) is 87.5 Å². The zero-order valence-electron chi connectivity index (χ0n) is 24.6. The predicted molar refractivity (Wildman–Crippen MR) is 154 cm³/mol. The third kappa shape index (κ3) is 15.2. The fourth-order valence-electron chi connectivity index (χ4n) is 4.41. The van der Waals surface area contributed by atoms with Crippen LogP contribution in [0.5, 0.6) is 0 Å². The Bertz CT molecular complexity index is 852. The van der Waals surface area contributed by atoms with Gasteiger partial charge in [-0.3, -0.25) is 14.2 Å². The van der Waals surface area contributed by atoms with Crippen LogP contribution in [0.15, 0.2) is 17.1 Å². The van der Waals surface area contributed by atoms with Crippen molar-refractivity contribution in [2.45, 2.75) is 117 Å². The molecule has 10 nitrogen and oxygen atoms in total. The molecule has 3 atom stereocenters. The van der Waals surface area contributed by atoms with Gasteiger partial charge in [-0.1, -0.05) is 91.4 Å². The van der Waals surface area contributed by atoms with Crippen molar-refractivity contribution in [1.82, 2.24) is 14.9 Å². The number of hydrogen-bond donors (Lipinski definition) is 3. The Hall–Kier alpha value is -2.30. The number of rotatable bonds is 18. The van der Waals surface area contributed by atoms with E-state index in [-0.39, 0.29) is 30.9 Å². The van der Waals surface area contributed by atoms with Crippen LogP contribution in [0.25, 0.3) is 0 Å². The number of carbonyl (C=O) groups excluding carboxylic acids is 2. The summed E-state index contributed by atoms with van der Waals surface area (Å²) in [5, 5.41) is 14.4. The van der Waals surface area contributed by atoms with Crippen LogP contribution < -0.4 is 16.3 Å². The van der Waals surface area contributed by atoms with Gasteiger partial charge in [-0.25, -0.2) is 4.79 Å². The molecule has 1 amide bonds. The summed E-state index contributed by atoms with van der Waals surface area (Å²) in [6.45, 7) is 6.39. The van der Waals surface area contributed by atoms with Crippen molar-refractivity contribution in [3.8, 4) is 0 Å². The number of aliphatic hydroxyl groups excluding tert-OH is 1. The zero-order chi connectivity index (χ0) is 28.9. The van der Waals surface area contributed by atoms with Gasteiger partial charge in [0.2, 0.25) is 0 Å². The molecule has 0 aliphatic carbocycles. The Kier molecular flexibility index (Phi) is 19.2. The molecule has 224 valence electrons. The van der Waals surface area contributed by atoms with Gasteiger partial charge in [0.1, 0.15) is 12.0 Å². The fraction of sp³-hybridized carbons (Fsp3) is 0.793. The molecular formula is C29H52N4O6. The van der Waals surface area contributed by atoms with E-state index >= 15 is 0 Å². The molecule has 2 rings (SSSR count). The standard InChI is InChI=1S/C16H24N4O6.C13H28/c1-10-7-11(8-21)26-15(10)20-6-4-12(19-16(20)24)18-13(22)9-25-14(23)3-5-17-2;1-3-5-7-9-11-13-12-10-8-6-4-2/h4,6,10-11,15,17,21H,3,5,7-9H2,1-2H3,(H,18,19,22,24);3-13H2,1-2H3. The van der Waals surface area contributed by atoms with Gasteiger partial charge in [0.05, 0.1) is 19.1 Å². The van der Waals surface area contributed by atoms with Gasteiger partial charge in [-0.2, -0.15) is 4.98 Å². The quantitative estimate of drug-likeness (QED) is 0.178. The zero-order valence-corrected chi connectivity index (χ0v) is 24.6. The van der Waals surface area contributed by atoms with Gasteiger partial charge in [-0.15, -0.1) is 0 Å². The van der Waals surface area contributed by atoms with Crippen LogP contribution >= 0.6 is 0 Å². The molecule has 10 heteroatoms. The van der Waals surface area contributed by atoms with Crippen LogP contribution in [0.2, 0.25) is 0 Å². The van der Waals surface area contributed by atoms with E-state index in [2.05, 4.69) is 29.5 Å². The van der Waals surface area contributed by atoms with Gasteiger partial charge < -0.3 is 25.2 Å². The lowest BCUT2D eigenvalue weighted by molar-refractivity contribution is -0.147. The number of anilines is 1. The summed E-state index contributed by atoms with van der Waals surface area (Å²) < 4.78 is 11.8. The third-order valence-electron chi connectivity index (χ3n) is 6.68. The lowest BCUT2D eigenvalue weighted by Gasteiger charge is -2.18. The van der Waals surface area contributed by atoms with Crippen LogP contribution in [0.3, 0.4) is 0 Å². The number of hydrogen-bond acceptors (Lipinski definition) is 8. The number of ether oxygens (including phenoxy) is 2. The Labute approximate surface area is 234 Å². The molecule has 1 aliphatic heterocycles. The van der Waals surface area contributed by atoms with Crippen molar-refractivity contribution in [1.29, 1.82) is 0 Å². The first kappa shape index (κ1) is 34.7. The first-order valence-corrected chi connectivity index (χ1v) is 14.8. The highest BCUT2D eigenvalue weighted by Crippen LogP contribution is 2.32. The number of aromatic nitrogens is 2. The fourth-order valence-corrected chi connectivity index (χ4v) is 4.41. The number of amides is 1. The minimum Gasteiger partial charge on any atom is -0.456 e. The maximum absolute atomic E-state index is 12.2. The molecule has 3 unspecified atom stereocenters. The summed E-state index contributed by atoms with van der Waals surface area (Å²) in [5.41, 5.74) is -0.579. The van der Waals surface area contributed by atoms with Gasteiger partial charge in [-0.05, 0) is 19.5 Å². The summed E-state index contributed by atoms with van der Waals surface area (Å²) in [7, 11) is 1.70. The highest BCUT2D eigenvalue weighted by Gasteiger charge is 2.33. The molecule has 1 fully saturated rings. The van der Waals surface area contributed by atoms with Crippen LogP contribution in [0, 0.1) is 5.92 Å². The SMILES string of the molecule is CCCCCCCCCCCCC.CNCCC(=O)OCC(=O)Nc1ccn(C2OC(CO)CC2C)c(=O)n1. The second-order valence-corrected chi connectivity index (χ2v) is 10.3. The average molecular weight is 553 g/mol. The highest BCUT2D eigenvalue weighted by atomic mass is 16.5. The summed E-state index contributed by atoms with van der Waals surface area (Å²) in [4.78, 5) is 39.1. The van der Waals surface area contributed by atoms with Gasteiger partial charge in [0.15, 0.2) is 6.61 Å². The normalized spacial score (nSPS) is 18.3. The second-order valence-electron chi connectivity index (χ2n) is 10.3. The molecule has 39 heavy (non-hydrogen) atoms. The van der Waals surface area contributed by atoms with Gasteiger partial charge >= 0.3 is 11.7 Å². The predicted octanol–water partition coefficient (Wildman–Crippen LogP) is 4.57. The topological polar surface area (TPSA) is 132 Å². The Balaban J connectivity index is 0.000000495. The summed E-state index contributed by atoms with van der Waals surface area (Å²) in [6.07, 6.45) is 17.4. The van der Waals surface area contributed by atoms with Crippen molar-refractivity contribution >= 4 is 17.7 Å². The minimum atomic E-state index is -0.585. The van der Waals surface area contributed by atoms with Gasteiger partial charge in [0, 0.05) is 18.7 Å². The molecule has 1 aliphatic rings. The van der Waals surface area contributed by atoms with Crippen LogP contribution in [-0.4, -0.2) is 59.4 Å². The van der Waals surface area contributed by atoms with Crippen LogP contribution in [-0.2, 0) is 19.1 Å². The molecular weight excluding hydrogens is 500 g/mol. The number of esters is 1. The van der Waals surface area contributed by atoms with Crippen LogP contribution in [0.4, 0.5) is 5.82 Å². The van der Waals surface area contributed by atoms with E-state index in [1.807, 2.05) is 6.92 Å². The summed E-state index contributed by atoms with van der Waals surface area (Å²) in [6, 6.07) is 1.46. The van der Waals surface area contributed by atoms with Gasteiger partial charge in [0.25, 0.3) is 5.91 Å². The van der Waals surface area contributed by atoms with Crippen LogP contribution in [0.1, 0.15) is 110 Å². The first-order chi connectivity index (χ1) is 18.9. The average Bonchev–Trinajstić information content (AvgIpc) is 3.30. The minimum absolute atomic E-state index is 0.0455. The molecule has 0 bridgehead atoms. The number of nitrogens with zero attached hydrogens (tertiary/aromatic N) is 2. The van der Waals surface area contributed by atoms with Crippen molar-refractivity contribution < 1.29 is 24.2 Å². The molecule has 0 aromatic carbocycles. The van der Waals surface area contributed by atoms with E-state index < -0.39 is 30.4 Å². The van der Waals surface area contributed by atoms with Crippen molar-refractivity contribution in [3.05, 3.63) is 22.7 Å². The number of carbonyl (C=O) groups is 2. The van der Waals surface area contributed by atoms with E-state index in [9.17, 15) is 19.5 Å². The maximum atomic E-state index is 12.2. The highest BCUT2D eigenvalue weighted by molar-refractivity contribution is 5.91. The monoisotopic (exact) mass is 552 g/mol. The number of nitrogens with one attached hydrogen (secondary N) is 2. The Morgan fingerprint density at radius 1 is 1.08 bits per heavy atom. The summed E-state index contributed by atoms with van der Waals surface area (Å²) in [5.74, 6) is -0.974. The molecule has 3 N–H and O–H groups in total. The lowest BCUT2D eigenvalue weighted by atomic mass is 10.1. The number of unbranched alkanes of at least 4 members (excludes halogenated alkanes) is 10. The van der Waals surface area contributed by atoms with Crippen molar-refractivity contribution in [3.63, 3.8) is 0 Å². The lowest BCUT2D eigenvalue weighted by Crippen LogP contribution is -2.31. The van der Waals surface area contributed by atoms with E-state index in [4.69, 9.17) is 9.47 Å². The van der Waals surface area contributed by atoms with E-state index in [1.54, 1.807) is 7.05 Å². The number of aliphatic hydroxyl groups is 1. The van der Waals surface area contributed by atoms with E-state index in [0.717, 1.165) is 0 Å². The molecule has 1 saturated heterocycles. The van der Waals surface area contributed by atoms with E-state index in [0.29, 0.717) is 13.0 Å².